The summed E-state index contributed by atoms with van der Waals surface area (Å²) < 4.78 is 25.2. The molecule has 4 saturated carbocycles. The first-order valence-corrected chi connectivity index (χ1v) is 14.7. The Morgan fingerprint density at radius 2 is 2.03 bits per heavy atom. The Balaban J connectivity index is 1.27. The number of hydrogen-bond acceptors (Lipinski definition) is 8. The van der Waals surface area contributed by atoms with Gasteiger partial charge in [-0.15, -0.1) is 0 Å². The first kappa shape index (κ1) is 25.6. The summed E-state index contributed by atoms with van der Waals surface area (Å²) in [6.07, 6.45) is 7.68. The number of nitrogens with two attached hydrogens (primary N) is 2. The smallest absolute Gasteiger partial charge is 0.322 e. The molecule has 39 heavy (non-hydrogen) atoms. The summed E-state index contributed by atoms with van der Waals surface area (Å²) in [4.78, 5) is 26.8. The van der Waals surface area contributed by atoms with Crippen molar-refractivity contribution in [3.05, 3.63) is 23.3 Å². The normalized spacial score (nSPS) is 38.1. The summed E-state index contributed by atoms with van der Waals surface area (Å²) in [6, 6.07) is 3.88. The van der Waals surface area contributed by atoms with Crippen LogP contribution in [0.15, 0.2) is 12.1 Å². The van der Waals surface area contributed by atoms with E-state index in [4.69, 9.17) is 30.4 Å². The number of nitrogens with zero attached hydrogens (tertiary/aromatic N) is 1. The number of carbonyl (C=O) groups excluding carboxylic acids is 2. The van der Waals surface area contributed by atoms with Crippen LogP contribution in [0.25, 0.3) is 0 Å². The monoisotopic (exact) mass is 539 g/mol. The molecule has 7 aliphatic rings. The van der Waals surface area contributed by atoms with Gasteiger partial charge in [-0.25, -0.2) is 0 Å². The van der Waals surface area contributed by atoms with Crippen molar-refractivity contribution in [1.29, 1.82) is 0 Å². The van der Waals surface area contributed by atoms with Crippen LogP contribution < -0.4 is 20.9 Å². The van der Waals surface area contributed by atoms with Crippen molar-refractivity contribution in [2.45, 2.75) is 87.0 Å². The fourth-order valence-corrected chi connectivity index (χ4v) is 9.60. The Morgan fingerprint density at radius 3 is 2.74 bits per heavy atom. The van der Waals surface area contributed by atoms with Gasteiger partial charge in [0.1, 0.15) is 17.7 Å². The molecule has 2 heterocycles. The van der Waals surface area contributed by atoms with E-state index in [1.165, 1.54) is 30.5 Å². The van der Waals surface area contributed by atoms with E-state index in [0.29, 0.717) is 6.04 Å². The quantitative estimate of drug-likeness (QED) is 0.433. The third-order valence-electron chi connectivity index (χ3n) is 11.4. The zero-order chi connectivity index (χ0) is 27.2. The number of benzene rings is 1. The standard InChI is InChI=1S/C30H41N3O6/c1-36-21-7-5-18-13-22-28-9-10-30(37-2,19(14-28)16-38-26(35)20(31)6-8-23(32)34)27-29(28,24(18)25(21)39-27)11-12-33(22)15-17-3-4-17/h5,7,17,19-20,22,27H,3-4,6,8-16,31H2,1-2H3,(H2,32,34)/t19-,20?,22-,27-,28-,29+,30-/m1/s1. The van der Waals surface area contributed by atoms with Gasteiger partial charge in [-0.1, -0.05) is 6.07 Å². The van der Waals surface area contributed by atoms with Crippen LogP contribution in [0.4, 0.5) is 0 Å². The van der Waals surface area contributed by atoms with Gasteiger partial charge in [0.05, 0.1) is 13.7 Å². The molecule has 0 radical (unpaired) electrons. The van der Waals surface area contributed by atoms with E-state index in [2.05, 4.69) is 17.0 Å². The van der Waals surface area contributed by atoms with Crippen molar-refractivity contribution in [3.63, 3.8) is 0 Å². The molecule has 2 spiro atoms. The molecule has 5 aliphatic carbocycles. The lowest BCUT2D eigenvalue weighted by atomic mass is 9.35. The summed E-state index contributed by atoms with van der Waals surface area (Å²) in [7, 11) is 3.50. The first-order chi connectivity index (χ1) is 18.8. The minimum atomic E-state index is -0.872. The summed E-state index contributed by atoms with van der Waals surface area (Å²) in [5.41, 5.74) is 13.3. The Bertz CT molecular complexity index is 1200. The molecule has 4 bridgehead atoms. The second kappa shape index (κ2) is 8.82. The number of likely N-dealkylation sites (tertiary alicyclic amines) is 1. The van der Waals surface area contributed by atoms with Gasteiger partial charge < -0.3 is 30.4 Å². The van der Waals surface area contributed by atoms with Gasteiger partial charge in [0, 0.05) is 48.4 Å². The predicted molar refractivity (Wildman–Crippen MR) is 142 cm³/mol. The van der Waals surface area contributed by atoms with Crippen LogP contribution >= 0.6 is 0 Å². The van der Waals surface area contributed by atoms with Gasteiger partial charge in [0.15, 0.2) is 11.5 Å². The maximum absolute atomic E-state index is 12.8. The molecular formula is C30H41N3O6. The van der Waals surface area contributed by atoms with E-state index in [1.807, 2.05) is 0 Å². The third-order valence-corrected chi connectivity index (χ3v) is 11.4. The average Bonchev–Trinajstić information content (AvgIpc) is 3.68. The molecule has 5 fully saturated rings. The van der Waals surface area contributed by atoms with Crippen LogP contribution in [-0.4, -0.2) is 74.5 Å². The van der Waals surface area contributed by atoms with E-state index in [1.54, 1.807) is 14.2 Å². The summed E-state index contributed by atoms with van der Waals surface area (Å²) in [6.45, 7) is 2.48. The highest BCUT2D eigenvalue weighted by Gasteiger charge is 2.80. The molecule has 1 aromatic rings. The number of esters is 1. The van der Waals surface area contributed by atoms with E-state index < -0.39 is 23.5 Å². The Kier molecular flexibility index (Phi) is 5.79. The highest BCUT2D eigenvalue weighted by atomic mass is 16.6. The number of fused-ring (bicyclic) bond motifs is 2. The highest BCUT2D eigenvalue weighted by molar-refractivity contribution is 5.78. The van der Waals surface area contributed by atoms with Crippen molar-refractivity contribution in [2.24, 2.45) is 28.7 Å². The molecule has 0 aromatic heterocycles. The van der Waals surface area contributed by atoms with Crippen LogP contribution in [0.1, 0.15) is 62.5 Å². The van der Waals surface area contributed by atoms with Crippen LogP contribution in [-0.2, 0) is 30.9 Å². The molecule has 9 nitrogen and oxygen atoms in total. The molecule has 212 valence electrons. The number of methoxy groups -OCH3 is 2. The Hall–Kier alpha value is -2.36. The zero-order valence-corrected chi connectivity index (χ0v) is 23.1. The van der Waals surface area contributed by atoms with Crippen molar-refractivity contribution in [2.75, 3.05) is 33.9 Å². The molecular weight excluding hydrogens is 498 g/mol. The Labute approximate surface area is 229 Å². The Morgan fingerprint density at radius 1 is 1.21 bits per heavy atom. The average molecular weight is 540 g/mol. The number of ether oxygens (including phenoxy) is 4. The van der Waals surface area contributed by atoms with Crippen molar-refractivity contribution < 1.29 is 28.5 Å². The number of piperidine rings is 1. The van der Waals surface area contributed by atoms with Crippen LogP contribution in [0, 0.1) is 17.3 Å². The van der Waals surface area contributed by atoms with E-state index in [9.17, 15) is 9.59 Å². The van der Waals surface area contributed by atoms with Gasteiger partial charge in [-0.05, 0) is 75.5 Å². The third kappa shape index (κ3) is 3.36. The molecule has 9 heteroatoms. The first-order valence-electron chi connectivity index (χ1n) is 14.7. The SMILES string of the molecule is COc1ccc2c3c1O[C@H]1[C@@]4(OC)CC[C@@]5(C[C@@H]4COC(=O)C(N)CCC(N)=O)[C@@H](C2)N(CC2CC2)CC[C@]315. The molecule has 1 aromatic carbocycles. The fraction of sp³-hybridized carbons (Fsp3) is 0.733. The lowest BCUT2D eigenvalue weighted by Crippen LogP contribution is -2.81. The topological polar surface area (TPSA) is 126 Å². The van der Waals surface area contributed by atoms with Gasteiger partial charge >= 0.3 is 5.97 Å². The van der Waals surface area contributed by atoms with E-state index in [-0.39, 0.29) is 42.3 Å². The van der Waals surface area contributed by atoms with Gasteiger partial charge in [0.25, 0.3) is 0 Å². The molecule has 1 unspecified atom stereocenters. The van der Waals surface area contributed by atoms with Crippen LogP contribution in [0.3, 0.4) is 0 Å². The lowest BCUT2D eigenvalue weighted by molar-refractivity contribution is -0.282. The molecule has 1 saturated heterocycles. The number of primary amides is 1. The molecule has 8 rings (SSSR count). The lowest BCUT2D eigenvalue weighted by Gasteiger charge is -2.73. The molecule has 1 amide bonds. The largest absolute Gasteiger partial charge is 0.493 e. The van der Waals surface area contributed by atoms with Crippen LogP contribution in [0.2, 0.25) is 0 Å². The number of rotatable bonds is 10. The summed E-state index contributed by atoms with van der Waals surface area (Å²) in [5, 5.41) is 0. The van der Waals surface area contributed by atoms with Crippen molar-refractivity contribution in [3.8, 4) is 11.5 Å². The second-order valence-corrected chi connectivity index (χ2v) is 13.0. The highest BCUT2D eigenvalue weighted by Crippen LogP contribution is 2.76. The number of carbonyl (C=O) groups is 2. The summed E-state index contributed by atoms with van der Waals surface area (Å²) >= 11 is 0. The van der Waals surface area contributed by atoms with Crippen molar-refractivity contribution in [1.82, 2.24) is 4.90 Å². The maximum Gasteiger partial charge on any atom is 0.322 e. The molecule has 2 aliphatic heterocycles. The minimum Gasteiger partial charge on any atom is -0.493 e. The molecule has 4 N–H and O–H groups in total. The van der Waals surface area contributed by atoms with Crippen LogP contribution in [0.5, 0.6) is 11.5 Å². The number of amides is 1. The molecule has 7 atom stereocenters. The zero-order valence-electron chi connectivity index (χ0n) is 23.1. The number of hydrogen-bond donors (Lipinski definition) is 2. The summed E-state index contributed by atoms with van der Waals surface area (Å²) in [5.74, 6) is 1.52. The second-order valence-electron chi connectivity index (χ2n) is 13.0. The maximum atomic E-state index is 12.8. The predicted octanol–water partition coefficient (Wildman–Crippen LogP) is 2.06. The van der Waals surface area contributed by atoms with E-state index in [0.717, 1.165) is 56.1 Å². The minimum absolute atomic E-state index is 0.0147. The van der Waals surface area contributed by atoms with Gasteiger partial charge in [-0.2, -0.15) is 0 Å². The fourth-order valence-electron chi connectivity index (χ4n) is 9.60. The van der Waals surface area contributed by atoms with E-state index >= 15 is 0 Å². The van der Waals surface area contributed by atoms with Gasteiger partial charge in [-0.3, -0.25) is 14.5 Å². The van der Waals surface area contributed by atoms with Crippen molar-refractivity contribution >= 4 is 11.9 Å². The van der Waals surface area contributed by atoms with Gasteiger partial charge in [0.2, 0.25) is 5.91 Å².